The molecule has 1 aliphatic rings. The fourth-order valence-corrected chi connectivity index (χ4v) is 2.67. The molecular formula is C19H20O4. The first-order valence-corrected chi connectivity index (χ1v) is 7.83. The van der Waals surface area contributed by atoms with Crippen LogP contribution in [0.3, 0.4) is 0 Å². The second-order valence-electron chi connectivity index (χ2n) is 5.44. The van der Waals surface area contributed by atoms with Gasteiger partial charge in [-0.1, -0.05) is 67.6 Å². The minimum atomic E-state index is -0.953. The normalized spacial score (nSPS) is 19.4. The maximum atomic E-state index is 11.4. The number of rotatable bonds is 5. The molecule has 4 nitrogen and oxygen atoms in total. The lowest BCUT2D eigenvalue weighted by Gasteiger charge is -2.29. The first-order chi connectivity index (χ1) is 11.2. The van der Waals surface area contributed by atoms with Crippen molar-refractivity contribution in [3.63, 3.8) is 0 Å². The summed E-state index contributed by atoms with van der Waals surface area (Å²) in [5, 5.41) is 0. The molecule has 1 aliphatic heterocycles. The van der Waals surface area contributed by atoms with Gasteiger partial charge < -0.3 is 14.2 Å². The lowest BCUT2D eigenvalue weighted by atomic mass is 9.97. The van der Waals surface area contributed by atoms with E-state index >= 15 is 0 Å². The van der Waals surface area contributed by atoms with Gasteiger partial charge in [0.15, 0.2) is 0 Å². The molecular weight excluding hydrogens is 292 g/mol. The molecule has 0 aliphatic carbocycles. The second-order valence-corrected chi connectivity index (χ2v) is 5.44. The van der Waals surface area contributed by atoms with Crippen molar-refractivity contribution in [2.45, 2.75) is 25.2 Å². The predicted octanol–water partition coefficient (Wildman–Crippen LogP) is 3.26. The van der Waals surface area contributed by atoms with Gasteiger partial charge in [-0.2, -0.15) is 0 Å². The third-order valence-electron chi connectivity index (χ3n) is 3.83. The molecule has 3 rings (SSSR count). The minimum absolute atomic E-state index is 0.202. The van der Waals surface area contributed by atoms with Gasteiger partial charge in [-0.05, 0) is 0 Å². The average Bonchev–Trinajstić information content (AvgIpc) is 3.07. The number of hydrogen-bond acceptors (Lipinski definition) is 4. The van der Waals surface area contributed by atoms with Gasteiger partial charge in [-0.25, -0.2) is 0 Å². The standard InChI is InChI=1S/C19H20O4/c1-2-18(20)21-13-17-14-22-19(23-17,15-9-5-3-6-10-15)16-11-7-4-8-12-16/h3-12,17H,2,13-14H2,1H3/t17-/m1/s1. The fourth-order valence-electron chi connectivity index (χ4n) is 2.67. The highest BCUT2D eigenvalue weighted by atomic mass is 16.8. The van der Waals surface area contributed by atoms with Crippen LogP contribution in [0.1, 0.15) is 24.5 Å². The second kappa shape index (κ2) is 6.94. The monoisotopic (exact) mass is 312 g/mol. The zero-order valence-corrected chi connectivity index (χ0v) is 13.1. The van der Waals surface area contributed by atoms with E-state index in [0.29, 0.717) is 13.0 Å². The molecule has 0 bridgehead atoms. The molecule has 1 saturated heterocycles. The van der Waals surface area contributed by atoms with Crippen molar-refractivity contribution >= 4 is 5.97 Å². The zero-order chi connectivity index (χ0) is 16.1. The number of esters is 1. The van der Waals surface area contributed by atoms with Crippen molar-refractivity contribution < 1.29 is 19.0 Å². The first kappa shape index (κ1) is 15.7. The number of carbonyl (C=O) groups is 1. The number of carbonyl (C=O) groups excluding carboxylic acids is 1. The Balaban J connectivity index is 1.86. The summed E-state index contributed by atoms with van der Waals surface area (Å²) < 4.78 is 17.5. The van der Waals surface area contributed by atoms with Crippen LogP contribution in [-0.2, 0) is 24.8 Å². The van der Waals surface area contributed by atoms with Gasteiger partial charge in [-0.15, -0.1) is 0 Å². The summed E-state index contributed by atoms with van der Waals surface area (Å²) in [6, 6.07) is 19.7. The molecule has 2 aromatic rings. The van der Waals surface area contributed by atoms with E-state index in [1.54, 1.807) is 6.92 Å². The van der Waals surface area contributed by atoms with Gasteiger partial charge in [-0.3, -0.25) is 4.79 Å². The van der Waals surface area contributed by atoms with E-state index in [9.17, 15) is 4.79 Å². The Kier molecular flexibility index (Phi) is 4.74. The van der Waals surface area contributed by atoms with Crippen LogP contribution in [0.5, 0.6) is 0 Å². The Morgan fingerprint density at radius 3 is 2.17 bits per heavy atom. The van der Waals surface area contributed by atoms with Gasteiger partial charge in [0.1, 0.15) is 12.7 Å². The molecule has 0 N–H and O–H groups in total. The molecule has 2 aromatic carbocycles. The summed E-state index contributed by atoms with van der Waals surface area (Å²) in [4.78, 5) is 11.4. The van der Waals surface area contributed by atoms with Gasteiger partial charge in [0, 0.05) is 17.5 Å². The Labute approximate surface area is 136 Å². The van der Waals surface area contributed by atoms with E-state index in [-0.39, 0.29) is 18.7 Å². The molecule has 0 aromatic heterocycles. The lowest BCUT2D eigenvalue weighted by molar-refractivity contribution is -0.160. The van der Waals surface area contributed by atoms with Crippen LogP contribution in [-0.4, -0.2) is 25.3 Å². The topological polar surface area (TPSA) is 44.8 Å². The summed E-state index contributed by atoms with van der Waals surface area (Å²) in [5.41, 5.74) is 1.85. The molecule has 0 saturated carbocycles. The highest BCUT2D eigenvalue weighted by Gasteiger charge is 2.45. The molecule has 23 heavy (non-hydrogen) atoms. The van der Waals surface area contributed by atoms with Crippen LogP contribution in [0.4, 0.5) is 0 Å². The summed E-state index contributed by atoms with van der Waals surface area (Å²) in [5.74, 6) is -1.18. The average molecular weight is 312 g/mol. The van der Waals surface area contributed by atoms with Gasteiger partial charge >= 0.3 is 5.97 Å². The van der Waals surface area contributed by atoms with Gasteiger partial charge in [0.2, 0.25) is 5.79 Å². The Morgan fingerprint density at radius 1 is 1.09 bits per heavy atom. The van der Waals surface area contributed by atoms with Crippen LogP contribution in [0.25, 0.3) is 0 Å². The molecule has 120 valence electrons. The smallest absolute Gasteiger partial charge is 0.305 e. The Hall–Kier alpha value is -2.17. The van der Waals surface area contributed by atoms with Crippen molar-refractivity contribution in [2.75, 3.05) is 13.2 Å². The maximum absolute atomic E-state index is 11.4. The summed E-state index contributed by atoms with van der Waals surface area (Å²) >= 11 is 0. The van der Waals surface area contributed by atoms with Gasteiger partial charge in [0.25, 0.3) is 0 Å². The van der Waals surface area contributed by atoms with Crippen LogP contribution >= 0.6 is 0 Å². The Bertz CT molecular complexity index is 599. The molecule has 1 heterocycles. The third-order valence-corrected chi connectivity index (χ3v) is 3.83. The SMILES string of the molecule is CCC(=O)OC[C@@H]1COC(c2ccccc2)(c2ccccc2)O1. The highest BCUT2D eigenvalue weighted by molar-refractivity contribution is 5.68. The molecule has 1 fully saturated rings. The molecule has 1 atom stereocenters. The maximum Gasteiger partial charge on any atom is 0.305 e. The predicted molar refractivity (Wildman–Crippen MR) is 85.7 cm³/mol. The van der Waals surface area contributed by atoms with Crippen molar-refractivity contribution in [1.82, 2.24) is 0 Å². The molecule has 0 unspecified atom stereocenters. The lowest BCUT2D eigenvalue weighted by Crippen LogP contribution is -2.30. The zero-order valence-electron chi connectivity index (χ0n) is 13.1. The summed E-state index contributed by atoms with van der Waals surface area (Å²) in [7, 11) is 0. The van der Waals surface area contributed by atoms with Crippen molar-refractivity contribution in [3.8, 4) is 0 Å². The number of ether oxygens (including phenoxy) is 3. The molecule has 0 spiro atoms. The highest BCUT2D eigenvalue weighted by Crippen LogP contribution is 2.40. The molecule has 0 radical (unpaired) electrons. The quantitative estimate of drug-likeness (QED) is 0.795. The van der Waals surface area contributed by atoms with Crippen molar-refractivity contribution in [3.05, 3.63) is 71.8 Å². The van der Waals surface area contributed by atoms with E-state index in [1.807, 2.05) is 60.7 Å². The summed E-state index contributed by atoms with van der Waals surface area (Å²) in [6.45, 7) is 2.35. The Morgan fingerprint density at radius 2 is 1.65 bits per heavy atom. The van der Waals surface area contributed by atoms with Crippen LogP contribution in [0.2, 0.25) is 0 Å². The minimum Gasteiger partial charge on any atom is -0.463 e. The summed E-state index contributed by atoms with van der Waals surface area (Å²) in [6.07, 6.45) is 0.0710. The van der Waals surface area contributed by atoms with Crippen LogP contribution < -0.4 is 0 Å². The fraction of sp³-hybridized carbons (Fsp3) is 0.316. The van der Waals surface area contributed by atoms with E-state index in [1.165, 1.54) is 0 Å². The van der Waals surface area contributed by atoms with Crippen LogP contribution in [0.15, 0.2) is 60.7 Å². The van der Waals surface area contributed by atoms with E-state index < -0.39 is 5.79 Å². The van der Waals surface area contributed by atoms with E-state index in [0.717, 1.165) is 11.1 Å². The van der Waals surface area contributed by atoms with Crippen molar-refractivity contribution in [1.29, 1.82) is 0 Å². The van der Waals surface area contributed by atoms with E-state index in [4.69, 9.17) is 14.2 Å². The molecule has 0 amide bonds. The van der Waals surface area contributed by atoms with E-state index in [2.05, 4.69) is 0 Å². The number of benzene rings is 2. The van der Waals surface area contributed by atoms with Crippen molar-refractivity contribution in [2.24, 2.45) is 0 Å². The largest absolute Gasteiger partial charge is 0.463 e. The van der Waals surface area contributed by atoms with Gasteiger partial charge in [0.05, 0.1) is 6.61 Å². The number of hydrogen-bond donors (Lipinski definition) is 0. The third kappa shape index (κ3) is 3.28. The first-order valence-electron chi connectivity index (χ1n) is 7.83. The molecule has 4 heteroatoms. The van der Waals surface area contributed by atoms with Crippen LogP contribution in [0, 0.1) is 0 Å².